The zero-order valence-corrected chi connectivity index (χ0v) is 14.0. The highest BCUT2D eigenvalue weighted by atomic mass is 35.5. The smallest absolute Gasteiger partial charge is 0.148 e. The summed E-state index contributed by atoms with van der Waals surface area (Å²) >= 11 is 6.47. The Morgan fingerprint density at radius 3 is 2.70 bits per heavy atom. The van der Waals surface area contributed by atoms with E-state index in [1.807, 2.05) is 29.0 Å². The van der Waals surface area contributed by atoms with Crippen LogP contribution in [0.25, 0.3) is 16.6 Å². The Balaban J connectivity index is 0.00000156. The minimum absolute atomic E-state index is 0. The van der Waals surface area contributed by atoms with E-state index in [1.165, 1.54) is 0 Å². The second kappa shape index (κ2) is 6.74. The number of anilines is 1. The van der Waals surface area contributed by atoms with E-state index in [0.29, 0.717) is 5.02 Å². The molecule has 4 rings (SSSR count). The number of nitrogens with one attached hydrogen (secondary N) is 1. The van der Waals surface area contributed by atoms with Gasteiger partial charge in [-0.1, -0.05) is 11.6 Å². The molecule has 0 spiro atoms. The second-order valence-electron chi connectivity index (χ2n) is 5.38. The lowest BCUT2D eigenvalue weighted by Crippen LogP contribution is -2.44. The molecule has 1 aliphatic rings. The highest BCUT2D eigenvalue weighted by Crippen LogP contribution is 2.29. The molecule has 0 bridgehead atoms. The number of rotatable bonds is 2. The average molecular weight is 350 g/mol. The van der Waals surface area contributed by atoms with Crippen molar-refractivity contribution >= 4 is 40.7 Å². The molecule has 0 aliphatic carbocycles. The molecule has 1 fully saturated rings. The van der Waals surface area contributed by atoms with Gasteiger partial charge in [-0.2, -0.15) is 0 Å². The van der Waals surface area contributed by atoms with Gasteiger partial charge in [-0.25, -0.2) is 9.97 Å². The third kappa shape index (κ3) is 3.13. The van der Waals surface area contributed by atoms with Crippen LogP contribution in [0.1, 0.15) is 0 Å². The summed E-state index contributed by atoms with van der Waals surface area (Å²) in [7, 11) is 0. The Morgan fingerprint density at radius 1 is 1.13 bits per heavy atom. The molecule has 1 N–H and O–H groups in total. The topological polar surface area (TPSA) is 46.0 Å². The lowest BCUT2D eigenvalue weighted by molar-refractivity contribution is 0.585. The monoisotopic (exact) mass is 349 g/mol. The molecule has 7 heteroatoms. The van der Waals surface area contributed by atoms with Gasteiger partial charge in [0.25, 0.3) is 0 Å². The lowest BCUT2D eigenvalue weighted by Gasteiger charge is -2.29. The molecule has 23 heavy (non-hydrogen) atoms. The minimum Gasteiger partial charge on any atom is -0.353 e. The van der Waals surface area contributed by atoms with Gasteiger partial charge >= 0.3 is 0 Å². The number of hydrogen-bond donors (Lipinski definition) is 1. The fraction of sp³-hybridized carbons (Fsp3) is 0.250. The molecule has 0 saturated carbocycles. The lowest BCUT2D eigenvalue weighted by atomic mass is 10.2. The maximum absolute atomic E-state index is 6.47. The largest absolute Gasteiger partial charge is 0.353 e. The number of hydrogen-bond acceptors (Lipinski definition) is 4. The summed E-state index contributed by atoms with van der Waals surface area (Å²) in [4.78, 5) is 11.1. The van der Waals surface area contributed by atoms with Crippen LogP contribution in [0.5, 0.6) is 0 Å². The molecule has 2 aromatic heterocycles. The zero-order chi connectivity index (χ0) is 14.9. The minimum atomic E-state index is 0. The summed E-state index contributed by atoms with van der Waals surface area (Å²) in [5.74, 6) is 0.881. The number of fused-ring (bicyclic) bond motifs is 1. The van der Waals surface area contributed by atoms with Crippen molar-refractivity contribution in [3.8, 4) is 5.69 Å². The number of piperazine rings is 1. The Hall–Kier alpha value is -1.82. The molecule has 3 heterocycles. The van der Waals surface area contributed by atoms with Gasteiger partial charge in [0.05, 0.1) is 16.9 Å². The van der Waals surface area contributed by atoms with E-state index in [2.05, 4.69) is 21.3 Å². The molecule has 3 aromatic rings. The normalized spacial score (nSPS) is 14.7. The van der Waals surface area contributed by atoms with Gasteiger partial charge in [0.2, 0.25) is 0 Å². The van der Waals surface area contributed by atoms with Gasteiger partial charge in [0.1, 0.15) is 5.82 Å². The number of halogens is 2. The van der Waals surface area contributed by atoms with Gasteiger partial charge in [-0.3, -0.25) is 0 Å². The molecule has 0 atom stereocenters. The molecule has 1 aromatic carbocycles. The third-order valence-electron chi connectivity index (χ3n) is 3.95. The van der Waals surface area contributed by atoms with Crippen molar-refractivity contribution in [3.05, 3.63) is 48.0 Å². The maximum atomic E-state index is 6.47. The van der Waals surface area contributed by atoms with Gasteiger partial charge in [-0.05, 0) is 24.3 Å². The van der Waals surface area contributed by atoms with Crippen molar-refractivity contribution in [1.82, 2.24) is 19.9 Å². The van der Waals surface area contributed by atoms with E-state index in [-0.39, 0.29) is 12.4 Å². The summed E-state index contributed by atoms with van der Waals surface area (Å²) in [6.45, 7) is 3.81. The van der Waals surface area contributed by atoms with E-state index >= 15 is 0 Å². The summed E-state index contributed by atoms with van der Waals surface area (Å²) in [5.41, 5.74) is 2.01. The highest BCUT2D eigenvalue weighted by Gasteiger charge is 2.16. The van der Waals surface area contributed by atoms with Crippen LogP contribution in [0.2, 0.25) is 5.02 Å². The number of imidazole rings is 1. The second-order valence-corrected chi connectivity index (χ2v) is 5.79. The Labute approximate surface area is 145 Å². The van der Waals surface area contributed by atoms with Gasteiger partial charge in [-0.15, -0.1) is 12.4 Å². The van der Waals surface area contributed by atoms with Crippen LogP contribution in [0.4, 0.5) is 5.82 Å². The predicted molar refractivity (Wildman–Crippen MR) is 96.2 cm³/mol. The first-order valence-electron chi connectivity index (χ1n) is 7.35. The van der Waals surface area contributed by atoms with E-state index in [0.717, 1.165) is 48.6 Å². The summed E-state index contributed by atoms with van der Waals surface area (Å²) in [5, 5.41) is 5.09. The van der Waals surface area contributed by atoms with Gasteiger partial charge < -0.3 is 14.8 Å². The predicted octanol–water partition coefficient (Wildman–Crippen LogP) is 2.91. The van der Waals surface area contributed by atoms with Crippen LogP contribution in [0, 0.1) is 0 Å². The summed E-state index contributed by atoms with van der Waals surface area (Å²) < 4.78 is 1.97. The van der Waals surface area contributed by atoms with Crippen molar-refractivity contribution < 1.29 is 0 Å². The molecule has 0 amide bonds. The summed E-state index contributed by atoms with van der Waals surface area (Å²) in [6, 6.07) is 8.16. The third-order valence-corrected chi connectivity index (χ3v) is 4.23. The van der Waals surface area contributed by atoms with Crippen LogP contribution in [0.3, 0.4) is 0 Å². The molecule has 0 radical (unpaired) electrons. The molecular formula is C16H17Cl2N5. The van der Waals surface area contributed by atoms with E-state index in [4.69, 9.17) is 16.6 Å². The summed E-state index contributed by atoms with van der Waals surface area (Å²) in [6.07, 6.45) is 5.47. The zero-order valence-electron chi connectivity index (χ0n) is 12.4. The first kappa shape index (κ1) is 16.1. The fourth-order valence-electron chi connectivity index (χ4n) is 2.80. The maximum Gasteiger partial charge on any atom is 0.148 e. The molecule has 5 nitrogen and oxygen atoms in total. The first-order chi connectivity index (χ1) is 10.8. The standard InChI is InChI=1S/C16H16ClN5.ClH/c17-14-10-12-9-13(22-8-5-19-11-22)1-2-15(12)20-16(14)21-6-3-18-4-7-21;/h1-2,5,8-11,18H,3-4,6-7H2;1H. The molecule has 120 valence electrons. The van der Waals surface area contributed by atoms with Crippen molar-refractivity contribution in [2.45, 2.75) is 0 Å². The van der Waals surface area contributed by atoms with Crippen molar-refractivity contribution in [3.63, 3.8) is 0 Å². The molecular weight excluding hydrogens is 333 g/mol. The molecule has 0 unspecified atom stereocenters. The number of benzene rings is 1. The van der Waals surface area contributed by atoms with E-state index in [9.17, 15) is 0 Å². The molecule has 1 saturated heterocycles. The Bertz CT molecular complexity index is 798. The van der Waals surface area contributed by atoms with Crippen molar-refractivity contribution in [1.29, 1.82) is 0 Å². The van der Waals surface area contributed by atoms with Crippen molar-refractivity contribution in [2.75, 3.05) is 31.1 Å². The number of nitrogens with zero attached hydrogens (tertiary/aromatic N) is 4. The van der Waals surface area contributed by atoms with Crippen LogP contribution in [0.15, 0.2) is 43.0 Å². The highest BCUT2D eigenvalue weighted by molar-refractivity contribution is 6.33. The quantitative estimate of drug-likeness (QED) is 0.772. The fourth-order valence-corrected chi connectivity index (χ4v) is 3.08. The van der Waals surface area contributed by atoms with E-state index in [1.54, 1.807) is 12.5 Å². The van der Waals surface area contributed by atoms with E-state index < -0.39 is 0 Å². The number of aromatic nitrogens is 3. The first-order valence-corrected chi connectivity index (χ1v) is 7.73. The van der Waals surface area contributed by atoms with Crippen LogP contribution in [-0.4, -0.2) is 40.7 Å². The number of pyridine rings is 1. The Kier molecular flexibility index (Phi) is 4.71. The SMILES string of the molecule is Cl.Clc1cc2cc(-n3ccnc3)ccc2nc1N1CCNCC1. The van der Waals surface area contributed by atoms with Crippen LogP contribution < -0.4 is 10.2 Å². The van der Waals surface area contributed by atoms with Crippen LogP contribution >= 0.6 is 24.0 Å². The average Bonchev–Trinajstić information content (AvgIpc) is 3.09. The Morgan fingerprint density at radius 2 is 1.96 bits per heavy atom. The van der Waals surface area contributed by atoms with Gasteiger partial charge in [0, 0.05) is 49.6 Å². The van der Waals surface area contributed by atoms with Crippen LogP contribution in [-0.2, 0) is 0 Å². The van der Waals surface area contributed by atoms with Gasteiger partial charge in [0.15, 0.2) is 0 Å². The molecule has 1 aliphatic heterocycles. The van der Waals surface area contributed by atoms with Crippen molar-refractivity contribution in [2.24, 2.45) is 0 Å².